The van der Waals surface area contributed by atoms with Gasteiger partial charge in [-0.2, -0.15) is 0 Å². The fraction of sp³-hybridized carbons (Fsp3) is 0.333. The number of rotatable bonds is 6. The van der Waals surface area contributed by atoms with Gasteiger partial charge in [0.2, 0.25) is 0 Å². The minimum Gasteiger partial charge on any atom is -0.321 e. The number of H-pyrrole nitrogens is 1. The highest BCUT2D eigenvalue weighted by Crippen LogP contribution is 2.19. The highest BCUT2D eigenvalue weighted by atomic mass is 19.1. The van der Waals surface area contributed by atoms with Crippen LogP contribution < -0.4 is 5.56 Å². The van der Waals surface area contributed by atoms with Crippen LogP contribution in [0.2, 0.25) is 0 Å². The van der Waals surface area contributed by atoms with Gasteiger partial charge < -0.3 is 4.98 Å². The molecule has 0 saturated carbocycles. The largest absolute Gasteiger partial charge is 0.321 e. The minimum atomic E-state index is -0.279. The summed E-state index contributed by atoms with van der Waals surface area (Å²) >= 11 is 0. The molecule has 0 aliphatic carbocycles. The van der Waals surface area contributed by atoms with Crippen molar-refractivity contribution in [3.63, 3.8) is 0 Å². The van der Waals surface area contributed by atoms with Crippen LogP contribution in [0.5, 0.6) is 0 Å². The highest BCUT2D eigenvalue weighted by molar-refractivity contribution is 5.81. The van der Waals surface area contributed by atoms with E-state index in [1.54, 1.807) is 16.8 Å². The topological polar surface area (TPSA) is 79.7 Å². The molecule has 2 aromatic carbocycles. The second kappa shape index (κ2) is 8.63. The summed E-state index contributed by atoms with van der Waals surface area (Å²) in [5, 5.41) is 13.2. The molecule has 0 saturated heterocycles. The molecule has 0 spiro atoms. The van der Waals surface area contributed by atoms with Crippen molar-refractivity contribution in [2.24, 2.45) is 0 Å². The number of tetrazole rings is 1. The van der Waals surface area contributed by atoms with E-state index >= 15 is 0 Å². The average molecular weight is 435 g/mol. The van der Waals surface area contributed by atoms with E-state index in [2.05, 4.69) is 25.4 Å². The molecule has 166 valence electrons. The van der Waals surface area contributed by atoms with Crippen LogP contribution in [0.15, 0.2) is 53.3 Å². The van der Waals surface area contributed by atoms with Crippen molar-refractivity contribution in [3.8, 4) is 0 Å². The first kappa shape index (κ1) is 21.8. The Labute approximate surface area is 185 Å². The maximum atomic E-state index is 13.4. The lowest BCUT2D eigenvalue weighted by Gasteiger charge is -2.25. The number of aryl methyl sites for hydroxylation is 1. The molecular formula is C24H27FN6O. The lowest BCUT2D eigenvalue weighted by Crippen LogP contribution is -2.31. The van der Waals surface area contributed by atoms with Crippen LogP contribution in [0.4, 0.5) is 4.39 Å². The molecule has 0 unspecified atom stereocenters. The van der Waals surface area contributed by atoms with Gasteiger partial charge in [0.05, 0.1) is 17.6 Å². The first-order chi connectivity index (χ1) is 15.2. The molecule has 1 N–H and O–H groups in total. The smallest absolute Gasteiger partial charge is 0.252 e. The molecule has 0 fully saturated rings. The predicted molar refractivity (Wildman–Crippen MR) is 121 cm³/mol. The normalized spacial score (nSPS) is 12.1. The summed E-state index contributed by atoms with van der Waals surface area (Å²) in [4.78, 5) is 18.0. The van der Waals surface area contributed by atoms with Crippen LogP contribution in [0.1, 0.15) is 43.3 Å². The van der Waals surface area contributed by atoms with Crippen LogP contribution in [-0.4, -0.2) is 30.1 Å². The van der Waals surface area contributed by atoms with Crippen LogP contribution in [-0.2, 0) is 25.2 Å². The van der Waals surface area contributed by atoms with Crippen molar-refractivity contribution in [2.45, 2.75) is 52.9 Å². The molecule has 0 aliphatic heterocycles. The van der Waals surface area contributed by atoms with Gasteiger partial charge in [0, 0.05) is 18.7 Å². The Hall–Kier alpha value is -3.39. The molecule has 0 bridgehead atoms. The molecule has 0 amide bonds. The summed E-state index contributed by atoms with van der Waals surface area (Å²) < 4.78 is 15.2. The third-order valence-electron chi connectivity index (χ3n) is 5.41. The fourth-order valence-electron chi connectivity index (χ4n) is 3.83. The van der Waals surface area contributed by atoms with Crippen molar-refractivity contribution in [1.29, 1.82) is 0 Å². The quantitative estimate of drug-likeness (QED) is 0.498. The SMILES string of the molecule is Cc1cccc2cc(CN(Cc3ccc(F)cc3)Cc3nnnn3C(C)(C)C)c(=O)[nH]c12. The van der Waals surface area contributed by atoms with E-state index in [0.717, 1.165) is 22.0 Å². The van der Waals surface area contributed by atoms with Gasteiger partial charge in [-0.3, -0.25) is 9.69 Å². The maximum absolute atomic E-state index is 13.4. The molecule has 4 aromatic rings. The number of fused-ring (bicyclic) bond motifs is 1. The summed E-state index contributed by atoms with van der Waals surface area (Å²) in [6.45, 7) is 9.43. The van der Waals surface area contributed by atoms with Gasteiger partial charge in [-0.15, -0.1) is 5.10 Å². The lowest BCUT2D eigenvalue weighted by atomic mass is 10.1. The standard InChI is InChI=1S/C24H27FN6O/c1-16-6-5-7-18-12-19(23(32)26-22(16)18)14-30(13-17-8-10-20(25)11-9-17)15-21-27-28-29-31(21)24(2,3)4/h5-12H,13-15H2,1-4H3,(H,26,32). The number of hydrogen-bond donors (Lipinski definition) is 1. The summed E-state index contributed by atoms with van der Waals surface area (Å²) in [5.41, 5.74) is 3.07. The van der Waals surface area contributed by atoms with Gasteiger partial charge in [-0.1, -0.05) is 30.3 Å². The summed E-state index contributed by atoms with van der Waals surface area (Å²) in [6, 6.07) is 14.3. The first-order valence-corrected chi connectivity index (χ1v) is 10.6. The van der Waals surface area contributed by atoms with E-state index in [4.69, 9.17) is 0 Å². The van der Waals surface area contributed by atoms with Crippen LogP contribution in [0.3, 0.4) is 0 Å². The van der Waals surface area contributed by atoms with Crippen LogP contribution in [0, 0.1) is 12.7 Å². The Kier molecular flexibility index (Phi) is 5.88. The minimum absolute atomic E-state index is 0.119. The summed E-state index contributed by atoms with van der Waals surface area (Å²) in [7, 11) is 0. The van der Waals surface area contributed by atoms with E-state index in [-0.39, 0.29) is 16.9 Å². The molecule has 2 heterocycles. The van der Waals surface area contributed by atoms with E-state index in [0.29, 0.717) is 31.0 Å². The molecule has 0 aliphatic rings. The number of pyridine rings is 1. The number of benzene rings is 2. The maximum Gasteiger partial charge on any atom is 0.252 e. The molecule has 0 radical (unpaired) electrons. The van der Waals surface area contributed by atoms with Crippen molar-refractivity contribution in [1.82, 2.24) is 30.1 Å². The van der Waals surface area contributed by atoms with Gasteiger partial charge in [-0.25, -0.2) is 9.07 Å². The third kappa shape index (κ3) is 4.75. The van der Waals surface area contributed by atoms with Crippen molar-refractivity contribution in [3.05, 3.63) is 87.2 Å². The molecule has 2 aromatic heterocycles. The van der Waals surface area contributed by atoms with Gasteiger partial charge in [-0.05, 0) is 72.8 Å². The molecule has 32 heavy (non-hydrogen) atoms. The second-order valence-corrected chi connectivity index (χ2v) is 9.11. The zero-order valence-corrected chi connectivity index (χ0v) is 18.8. The Morgan fingerprint density at radius 1 is 1.06 bits per heavy atom. The number of para-hydroxylation sites is 1. The van der Waals surface area contributed by atoms with Crippen molar-refractivity contribution >= 4 is 10.9 Å². The number of nitrogens with zero attached hydrogens (tertiary/aromatic N) is 5. The fourth-order valence-corrected chi connectivity index (χ4v) is 3.83. The number of nitrogens with one attached hydrogen (secondary N) is 1. The Balaban J connectivity index is 1.68. The van der Waals surface area contributed by atoms with Crippen molar-refractivity contribution in [2.75, 3.05) is 0 Å². The number of halogens is 1. The highest BCUT2D eigenvalue weighted by Gasteiger charge is 2.22. The molecule has 7 nitrogen and oxygen atoms in total. The van der Waals surface area contributed by atoms with Crippen LogP contribution in [0.25, 0.3) is 10.9 Å². The van der Waals surface area contributed by atoms with Gasteiger partial charge in [0.25, 0.3) is 5.56 Å². The van der Waals surface area contributed by atoms with Gasteiger partial charge >= 0.3 is 0 Å². The van der Waals surface area contributed by atoms with Gasteiger partial charge in [0.1, 0.15) is 5.82 Å². The van der Waals surface area contributed by atoms with Crippen LogP contribution >= 0.6 is 0 Å². The first-order valence-electron chi connectivity index (χ1n) is 10.6. The van der Waals surface area contributed by atoms with E-state index in [1.165, 1.54) is 12.1 Å². The summed E-state index contributed by atoms with van der Waals surface area (Å²) in [6.07, 6.45) is 0. The van der Waals surface area contributed by atoms with Gasteiger partial charge in [0.15, 0.2) is 5.82 Å². The monoisotopic (exact) mass is 434 g/mol. The number of aromatic amines is 1. The van der Waals surface area contributed by atoms with E-state index in [9.17, 15) is 9.18 Å². The van der Waals surface area contributed by atoms with Crippen molar-refractivity contribution < 1.29 is 4.39 Å². The Morgan fingerprint density at radius 2 is 1.81 bits per heavy atom. The zero-order valence-electron chi connectivity index (χ0n) is 18.8. The number of aromatic nitrogens is 5. The molecular weight excluding hydrogens is 407 g/mol. The molecule has 0 atom stereocenters. The molecule has 4 rings (SSSR count). The zero-order chi connectivity index (χ0) is 22.9. The predicted octanol–water partition coefficient (Wildman–Crippen LogP) is 3.92. The Morgan fingerprint density at radius 3 is 2.53 bits per heavy atom. The second-order valence-electron chi connectivity index (χ2n) is 9.11. The van der Waals surface area contributed by atoms with E-state index in [1.807, 2.05) is 52.0 Å². The number of hydrogen-bond acceptors (Lipinski definition) is 5. The molecule has 8 heteroatoms. The van der Waals surface area contributed by atoms with E-state index < -0.39 is 0 Å². The lowest BCUT2D eigenvalue weighted by molar-refractivity contribution is 0.223. The third-order valence-corrected chi connectivity index (χ3v) is 5.41. The Bertz CT molecular complexity index is 1290. The summed E-state index contributed by atoms with van der Waals surface area (Å²) in [5.74, 6) is 0.422. The average Bonchev–Trinajstić information content (AvgIpc) is 3.20.